The Labute approximate surface area is 132 Å². The monoisotopic (exact) mass is 301 g/mol. The largest absolute Gasteiger partial charge is 0.411 e. The molecule has 5 atom stereocenters. The minimum Gasteiger partial charge on any atom is -0.411 e. The van der Waals surface area contributed by atoms with E-state index in [1.165, 1.54) is 18.4 Å². The number of hydrogen-bond acceptors (Lipinski definition) is 3. The summed E-state index contributed by atoms with van der Waals surface area (Å²) in [6, 6.07) is 0. The van der Waals surface area contributed by atoms with Crippen molar-refractivity contribution in [3.63, 3.8) is 0 Å². The molecule has 0 aromatic rings. The Kier molecular flexibility index (Phi) is 3.08. The van der Waals surface area contributed by atoms with Gasteiger partial charge in [0.2, 0.25) is 0 Å². The zero-order chi connectivity index (χ0) is 15.5. The van der Waals surface area contributed by atoms with Crippen LogP contribution in [0.15, 0.2) is 16.8 Å². The first-order chi connectivity index (χ1) is 10.5. The predicted octanol–water partition coefficient (Wildman–Crippen LogP) is 4.35. The van der Waals surface area contributed by atoms with E-state index in [9.17, 15) is 4.79 Å². The van der Waals surface area contributed by atoms with Gasteiger partial charge in [-0.15, -0.1) is 0 Å². The summed E-state index contributed by atoms with van der Waals surface area (Å²) in [5, 5.41) is 12.5. The molecule has 0 bridgehead atoms. The van der Waals surface area contributed by atoms with Crippen LogP contribution in [0.25, 0.3) is 0 Å². The highest BCUT2D eigenvalue weighted by atomic mass is 16.4. The summed E-state index contributed by atoms with van der Waals surface area (Å²) in [5.41, 5.74) is 2.60. The lowest BCUT2D eigenvalue weighted by Crippen LogP contribution is -2.50. The van der Waals surface area contributed by atoms with Crippen molar-refractivity contribution in [3.05, 3.63) is 11.6 Å². The van der Waals surface area contributed by atoms with Crippen LogP contribution in [0.5, 0.6) is 0 Å². The van der Waals surface area contributed by atoms with Crippen molar-refractivity contribution in [2.75, 3.05) is 0 Å². The molecule has 3 heteroatoms. The highest BCUT2D eigenvalue weighted by Crippen LogP contribution is 2.64. The highest BCUT2D eigenvalue weighted by molar-refractivity contribution is 5.96. The Morgan fingerprint density at radius 1 is 1.05 bits per heavy atom. The first kappa shape index (κ1) is 14.5. The summed E-state index contributed by atoms with van der Waals surface area (Å²) in [4.78, 5) is 12.4. The van der Waals surface area contributed by atoms with Gasteiger partial charge in [-0.05, 0) is 74.2 Å². The van der Waals surface area contributed by atoms with Crippen LogP contribution in [-0.4, -0.2) is 16.7 Å². The van der Waals surface area contributed by atoms with Gasteiger partial charge in [0.05, 0.1) is 5.71 Å². The van der Waals surface area contributed by atoms with Crippen molar-refractivity contribution in [1.82, 2.24) is 0 Å². The van der Waals surface area contributed by atoms with Gasteiger partial charge in [-0.2, -0.15) is 0 Å². The zero-order valence-corrected chi connectivity index (χ0v) is 13.8. The van der Waals surface area contributed by atoms with E-state index in [1.54, 1.807) is 0 Å². The number of allylic oxidation sites excluding steroid dienone is 2. The first-order valence-electron chi connectivity index (χ1n) is 8.94. The smallest absolute Gasteiger partial charge is 0.139 e. The Bertz CT molecular complexity index is 578. The maximum absolute atomic E-state index is 12.4. The third kappa shape index (κ3) is 1.74. The van der Waals surface area contributed by atoms with Gasteiger partial charge in [-0.3, -0.25) is 4.79 Å². The van der Waals surface area contributed by atoms with Crippen molar-refractivity contribution in [3.8, 4) is 0 Å². The fourth-order valence-corrected chi connectivity index (χ4v) is 6.42. The Hall–Kier alpha value is -1.12. The molecular formula is C19H27NO2. The van der Waals surface area contributed by atoms with Gasteiger partial charge in [0, 0.05) is 11.8 Å². The molecule has 4 aliphatic carbocycles. The molecule has 0 aromatic heterocycles. The summed E-state index contributed by atoms with van der Waals surface area (Å²) in [5.74, 6) is 2.59. The third-order valence-corrected chi connectivity index (χ3v) is 7.81. The Balaban J connectivity index is 1.69. The number of nitrogens with zero attached hydrogens (tertiary/aromatic N) is 1. The van der Waals surface area contributed by atoms with Gasteiger partial charge in [-0.1, -0.05) is 24.6 Å². The number of fused-ring (bicyclic) bond motifs is 5. The van der Waals surface area contributed by atoms with E-state index < -0.39 is 0 Å². The van der Waals surface area contributed by atoms with Crippen LogP contribution in [0, 0.1) is 28.6 Å². The number of ketones is 1. The van der Waals surface area contributed by atoms with E-state index >= 15 is 0 Å². The number of carbonyl (C=O) groups excluding carboxylic acids is 1. The second-order valence-electron chi connectivity index (χ2n) is 8.51. The number of oxime groups is 1. The van der Waals surface area contributed by atoms with E-state index in [2.05, 4.69) is 25.1 Å². The summed E-state index contributed by atoms with van der Waals surface area (Å²) in [6.07, 6.45) is 10.7. The van der Waals surface area contributed by atoms with Crippen LogP contribution in [0.4, 0.5) is 0 Å². The molecule has 1 N–H and O–H groups in total. The molecule has 22 heavy (non-hydrogen) atoms. The van der Waals surface area contributed by atoms with Crippen molar-refractivity contribution in [2.24, 2.45) is 33.7 Å². The van der Waals surface area contributed by atoms with Crippen molar-refractivity contribution in [2.45, 2.75) is 65.2 Å². The second-order valence-corrected chi connectivity index (χ2v) is 8.51. The summed E-state index contributed by atoms with van der Waals surface area (Å²) in [6.45, 7) is 4.68. The molecule has 4 aliphatic rings. The second kappa shape index (κ2) is 4.69. The summed E-state index contributed by atoms with van der Waals surface area (Å²) < 4.78 is 0. The van der Waals surface area contributed by atoms with E-state index in [1.807, 2.05) is 0 Å². The fraction of sp³-hybridized carbons (Fsp3) is 0.789. The molecule has 0 aromatic carbocycles. The predicted molar refractivity (Wildman–Crippen MR) is 85.9 cm³/mol. The molecule has 0 radical (unpaired) electrons. The number of carbonyl (C=O) groups is 1. The Morgan fingerprint density at radius 3 is 2.59 bits per heavy atom. The molecule has 0 aliphatic heterocycles. The maximum atomic E-state index is 12.4. The molecule has 3 fully saturated rings. The lowest BCUT2D eigenvalue weighted by Gasteiger charge is -2.57. The molecule has 120 valence electrons. The molecular weight excluding hydrogens is 274 g/mol. The fourth-order valence-electron chi connectivity index (χ4n) is 6.42. The number of hydrogen-bond donors (Lipinski definition) is 1. The maximum Gasteiger partial charge on any atom is 0.139 e. The number of Topliss-reactive ketones (excluding diaryl/α,β-unsaturated/α-hetero) is 1. The summed E-state index contributed by atoms with van der Waals surface area (Å²) >= 11 is 0. The standard InChI is InChI=1S/C19H27NO2/c1-18-9-7-13(20-22)11-12(18)3-4-14-15-5-6-17(21)19(15,2)10-8-16(14)18/h11,14-16,22H,3-10H2,1-2H3/b20-13+/t14?,15?,16?,18?,19-/m0/s1. The molecule has 3 saturated carbocycles. The average molecular weight is 301 g/mol. The van der Waals surface area contributed by atoms with Gasteiger partial charge in [0.15, 0.2) is 0 Å². The van der Waals surface area contributed by atoms with Crippen LogP contribution in [0.2, 0.25) is 0 Å². The SMILES string of the molecule is CC12CC/C(=N\O)C=C1CCC1C2CC[C@]2(C)C(=O)CCC12. The molecule has 0 heterocycles. The Morgan fingerprint density at radius 2 is 1.82 bits per heavy atom. The van der Waals surface area contributed by atoms with Gasteiger partial charge < -0.3 is 5.21 Å². The topological polar surface area (TPSA) is 49.7 Å². The average Bonchev–Trinajstić information content (AvgIpc) is 2.82. The van der Waals surface area contributed by atoms with Crippen LogP contribution >= 0.6 is 0 Å². The van der Waals surface area contributed by atoms with E-state index in [4.69, 9.17) is 5.21 Å². The molecule has 4 unspecified atom stereocenters. The van der Waals surface area contributed by atoms with Crippen LogP contribution < -0.4 is 0 Å². The minimum atomic E-state index is -0.0227. The lowest BCUT2D eigenvalue weighted by molar-refractivity contribution is -0.132. The quantitative estimate of drug-likeness (QED) is 0.534. The third-order valence-electron chi connectivity index (χ3n) is 7.81. The van der Waals surface area contributed by atoms with E-state index in [0.29, 0.717) is 11.7 Å². The molecule has 0 saturated heterocycles. The van der Waals surface area contributed by atoms with Gasteiger partial charge in [0.25, 0.3) is 0 Å². The van der Waals surface area contributed by atoms with E-state index in [-0.39, 0.29) is 10.8 Å². The first-order valence-corrected chi connectivity index (χ1v) is 8.94. The van der Waals surface area contributed by atoms with Crippen LogP contribution in [0.3, 0.4) is 0 Å². The molecule has 0 amide bonds. The van der Waals surface area contributed by atoms with Crippen molar-refractivity contribution >= 4 is 11.5 Å². The van der Waals surface area contributed by atoms with Gasteiger partial charge in [0.1, 0.15) is 5.78 Å². The van der Waals surface area contributed by atoms with Gasteiger partial charge in [-0.25, -0.2) is 0 Å². The van der Waals surface area contributed by atoms with Crippen LogP contribution in [0.1, 0.15) is 65.2 Å². The lowest BCUT2D eigenvalue weighted by atomic mass is 9.47. The summed E-state index contributed by atoms with van der Waals surface area (Å²) in [7, 11) is 0. The van der Waals surface area contributed by atoms with E-state index in [0.717, 1.165) is 56.1 Å². The molecule has 4 rings (SSSR count). The normalized spacial score (nSPS) is 49.4. The minimum absolute atomic E-state index is 0.0227. The number of rotatable bonds is 0. The van der Waals surface area contributed by atoms with Gasteiger partial charge >= 0.3 is 0 Å². The highest BCUT2D eigenvalue weighted by Gasteiger charge is 2.58. The van der Waals surface area contributed by atoms with Crippen molar-refractivity contribution < 1.29 is 10.0 Å². The molecule has 0 spiro atoms. The molecule has 3 nitrogen and oxygen atoms in total. The van der Waals surface area contributed by atoms with Crippen LogP contribution in [-0.2, 0) is 4.79 Å². The van der Waals surface area contributed by atoms with Crippen molar-refractivity contribution in [1.29, 1.82) is 0 Å². The zero-order valence-electron chi connectivity index (χ0n) is 13.8.